The summed E-state index contributed by atoms with van der Waals surface area (Å²) in [5, 5.41) is 12.0. The van der Waals surface area contributed by atoms with E-state index in [1.54, 1.807) is 6.26 Å². The number of benzene rings is 2. The predicted molar refractivity (Wildman–Crippen MR) is 123 cm³/mol. The largest absolute Gasteiger partial charge is 0.469 e. The van der Waals surface area contributed by atoms with E-state index in [1.165, 1.54) is 11.8 Å². The zero-order valence-corrected chi connectivity index (χ0v) is 18.7. The lowest BCUT2D eigenvalue weighted by molar-refractivity contribution is -0.115. The van der Waals surface area contributed by atoms with E-state index < -0.39 is 5.25 Å². The van der Waals surface area contributed by atoms with Crippen LogP contribution in [0.15, 0.2) is 70.4 Å². The van der Waals surface area contributed by atoms with Crippen LogP contribution < -0.4 is 5.32 Å². The number of hydrogen-bond donors (Lipinski definition) is 1. The van der Waals surface area contributed by atoms with Crippen molar-refractivity contribution in [3.05, 3.63) is 83.3 Å². The number of thioether (sulfide) groups is 1. The van der Waals surface area contributed by atoms with Crippen LogP contribution in [0.3, 0.4) is 0 Å². The van der Waals surface area contributed by atoms with Crippen LogP contribution in [0.2, 0.25) is 0 Å². The van der Waals surface area contributed by atoms with Crippen LogP contribution in [0.25, 0.3) is 11.4 Å². The fourth-order valence-corrected chi connectivity index (χ4v) is 4.35. The second kappa shape index (κ2) is 8.81. The van der Waals surface area contributed by atoms with Gasteiger partial charge in [-0.3, -0.25) is 4.79 Å². The maximum Gasteiger partial charge on any atom is 0.242 e. The number of anilines is 1. The van der Waals surface area contributed by atoms with Crippen LogP contribution in [0.5, 0.6) is 0 Å². The Morgan fingerprint density at radius 3 is 2.55 bits per heavy atom. The van der Waals surface area contributed by atoms with E-state index in [0.29, 0.717) is 11.0 Å². The molecule has 2 aromatic carbocycles. The van der Waals surface area contributed by atoms with Gasteiger partial charge < -0.3 is 14.3 Å². The Morgan fingerprint density at radius 1 is 1.06 bits per heavy atom. The lowest BCUT2D eigenvalue weighted by Gasteiger charge is -2.18. The van der Waals surface area contributed by atoms with Gasteiger partial charge in [0.2, 0.25) is 5.91 Å². The number of amides is 1. The molecule has 1 atom stereocenters. The van der Waals surface area contributed by atoms with Gasteiger partial charge in [-0.2, -0.15) is 0 Å². The van der Waals surface area contributed by atoms with Gasteiger partial charge in [-0.25, -0.2) is 0 Å². The third-order valence-electron chi connectivity index (χ3n) is 5.15. The third kappa shape index (κ3) is 4.41. The van der Waals surface area contributed by atoms with Crippen LogP contribution in [-0.4, -0.2) is 20.7 Å². The van der Waals surface area contributed by atoms with Crippen LogP contribution >= 0.6 is 11.8 Å². The molecule has 0 fully saturated rings. The molecule has 0 bridgehead atoms. The smallest absolute Gasteiger partial charge is 0.242 e. The lowest BCUT2D eigenvalue weighted by atomic mass is 10.1. The quantitative estimate of drug-likeness (QED) is 0.409. The van der Waals surface area contributed by atoms with Gasteiger partial charge in [-0.05, 0) is 49.6 Å². The van der Waals surface area contributed by atoms with Gasteiger partial charge in [0.25, 0.3) is 0 Å². The average molecular weight is 433 g/mol. The van der Waals surface area contributed by atoms with E-state index in [0.717, 1.165) is 33.7 Å². The number of aromatic nitrogens is 3. The molecule has 158 valence electrons. The van der Waals surface area contributed by atoms with Crippen molar-refractivity contribution in [1.82, 2.24) is 14.8 Å². The second-order valence-electron chi connectivity index (χ2n) is 7.47. The zero-order valence-electron chi connectivity index (χ0n) is 17.9. The van der Waals surface area contributed by atoms with Crippen molar-refractivity contribution in [2.45, 2.75) is 31.2 Å². The van der Waals surface area contributed by atoms with Gasteiger partial charge in [0.1, 0.15) is 11.0 Å². The van der Waals surface area contributed by atoms with Gasteiger partial charge in [0.05, 0.1) is 11.8 Å². The molecule has 0 aliphatic carbocycles. The molecule has 2 aromatic heterocycles. The van der Waals surface area contributed by atoms with E-state index in [1.807, 2.05) is 87.0 Å². The Balaban J connectivity index is 1.65. The van der Waals surface area contributed by atoms with Crippen molar-refractivity contribution < 1.29 is 9.21 Å². The van der Waals surface area contributed by atoms with Crippen LogP contribution in [0, 0.1) is 20.8 Å². The van der Waals surface area contributed by atoms with Gasteiger partial charge in [0, 0.05) is 12.7 Å². The highest BCUT2D eigenvalue weighted by molar-refractivity contribution is 8.00. The van der Waals surface area contributed by atoms with E-state index in [2.05, 4.69) is 15.5 Å². The summed E-state index contributed by atoms with van der Waals surface area (Å²) in [4.78, 5) is 13.4. The standard InChI is InChI=1S/C24H24N4O2S/c1-15-10-11-16(2)20(14-15)25-23(29)21(18-8-6-5-7-9-18)31-24-27-26-22(28(24)4)19-12-13-30-17(19)3/h5-14,21H,1-4H3,(H,25,29)/t21-/m0/s1. The summed E-state index contributed by atoms with van der Waals surface area (Å²) >= 11 is 1.38. The van der Waals surface area contributed by atoms with Crippen molar-refractivity contribution in [3.8, 4) is 11.4 Å². The molecular formula is C24H24N4O2S. The fraction of sp³-hybridized carbons (Fsp3) is 0.208. The van der Waals surface area contributed by atoms with Crippen molar-refractivity contribution in [1.29, 1.82) is 0 Å². The molecular weight excluding hydrogens is 408 g/mol. The SMILES string of the molecule is Cc1ccc(C)c(NC(=O)[C@@H](Sc2nnc(-c3ccoc3C)n2C)c2ccccc2)c1. The van der Waals surface area contributed by atoms with Crippen LogP contribution in [0.4, 0.5) is 5.69 Å². The Morgan fingerprint density at radius 2 is 1.84 bits per heavy atom. The van der Waals surface area contributed by atoms with E-state index in [9.17, 15) is 4.79 Å². The van der Waals surface area contributed by atoms with E-state index in [4.69, 9.17) is 4.42 Å². The zero-order chi connectivity index (χ0) is 22.0. The molecule has 0 aliphatic rings. The molecule has 4 rings (SSSR count). The number of aryl methyl sites for hydroxylation is 3. The first-order chi connectivity index (χ1) is 14.9. The highest BCUT2D eigenvalue weighted by Crippen LogP contribution is 2.37. The maximum atomic E-state index is 13.4. The Kier molecular flexibility index (Phi) is 5.95. The van der Waals surface area contributed by atoms with Crippen molar-refractivity contribution >= 4 is 23.4 Å². The van der Waals surface area contributed by atoms with Gasteiger partial charge in [-0.15, -0.1) is 10.2 Å². The summed E-state index contributed by atoms with van der Waals surface area (Å²) in [5.41, 5.74) is 4.72. The molecule has 4 aromatic rings. The highest BCUT2D eigenvalue weighted by atomic mass is 32.2. The maximum absolute atomic E-state index is 13.4. The number of furan rings is 1. The molecule has 7 heteroatoms. The molecule has 1 amide bonds. The predicted octanol–water partition coefficient (Wildman–Crippen LogP) is 5.47. The van der Waals surface area contributed by atoms with Gasteiger partial charge in [-0.1, -0.05) is 54.2 Å². The summed E-state index contributed by atoms with van der Waals surface area (Å²) in [5.74, 6) is 1.38. The Hall–Kier alpha value is -3.32. The van der Waals surface area contributed by atoms with Gasteiger partial charge in [0.15, 0.2) is 11.0 Å². The second-order valence-corrected chi connectivity index (χ2v) is 8.54. The summed E-state index contributed by atoms with van der Waals surface area (Å²) in [6, 6.07) is 17.6. The first kappa shape index (κ1) is 20.9. The first-order valence-electron chi connectivity index (χ1n) is 9.97. The first-order valence-corrected chi connectivity index (χ1v) is 10.9. The summed E-state index contributed by atoms with van der Waals surface area (Å²) < 4.78 is 7.30. The number of nitrogens with zero attached hydrogens (tertiary/aromatic N) is 3. The summed E-state index contributed by atoms with van der Waals surface area (Å²) in [7, 11) is 1.90. The number of rotatable bonds is 6. The molecule has 31 heavy (non-hydrogen) atoms. The molecule has 0 radical (unpaired) electrons. The monoisotopic (exact) mass is 432 g/mol. The third-order valence-corrected chi connectivity index (χ3v) is 6.44. The van der Waals surface area contributed by atoms with Crippen molar-refractivity contribution in [2.75, 3.05) is 5.32 Å². The molecule has 0 aliphatic heterocycles. The minimum atomic E-state index is -0.484. The van der Waals surface area contributed by atoms with Crippen molar-refractivity contribution in [3.63, 3.8) is 0 Å². The van der Waals surface area contributed by atoms with Gasteiger partial charge >= 0.3 is 0 Å². The number of carbonyl (C=O) groups is 1. The molecule has 0 unspecified atom stereocenters. The fourth-order valence-electron chi connectivity index (χ4n) is 3.34. The van der Waals surface area contributed by atoms with Crippen molar-refractivity contribution in [2.24, 2.45) is 7.05 Å². The minimum Gasteiger partial charge on any atom is -0.469 e. The topological polar surface area (TPSA) is 73.0 Å². The number of carbonyl (C=O) groups excluding carboxylic acids is 1. The molecule has 0 saturated heterocycles. The molecule has 0 saturated carbocycles. The normalized spacial score (nSPS) is 12.0. The number of hydrogen-bond acceptors (Lipinski definition) is 5. The Labute approximate surface area is 185 Å². The molecule has 1 N–H and O–H groups in total. The highest BCUT2D eigenvalue weighted by Gasteiger charge is 2.26. The lowest BCUT2D eigenvalue weighted by Crippen LogP contribution is -2.20. The summed E-state index contributed by atoms with van der Waals surface area (Å²) in [6.07, 6.45) is 1.64. The average Bonchev–Trinajstić information content (AvgIpc) is 3.34. The molecule has 0 spiro atoms. The van der Waals surface area contributed by atoms with E-state index >= 15 is 0 Å². The van der Waals surface area contributed by atoms with Crippen LogP contribution in [0.1, 0.15) is 27.7 Å². The number of nitrogens with one attached hydrogen (secondary N) is 1. The molecule has 2 heterocycles. The summed E-state index contributed by atoms with van der Waals surface area (Å²) in [6.45, 7) is 5.89. The van der Waals surface area contributed by atoms with E-state index in [-0.39, 0.29) is 5.91 Å². The minimum absolute atomic E-state index is 0.103. The molecule has 6 nitrogen and oxygen atoms in total. The Bertz CT molecular complexity index is 1210. The van der Waals surface area contributed by atoms with Crippen LogP contribution in [-0.2, 0) is 11.8 Å².